The van der Waals surface area contributed by atoms with Gasteiger partial charge in [-0.1, -0.05) is 18.2 Å². The average Bonchev–Trinajstić information content (AvgIpc) is 3.61. The van der Waals surface area contributed by atoms with Gasteiger partial charge in [0.1, 0.15) is 5.75 Å². The predicted molar refractivity (Wildman–Crippen MR) is 109 cm³/mol. The van der Waals surface area contributed by atoms with Crippen LogP contribution in [0.3, 0.4) is 0 Å². The number of likely N-dealkylation sites (tertiary alicyclic amines) is 1. The molecule has 1 aliphatic heterocycles. The Balaban J connectivity index is 1.27. The molecule has 0 unspecified atom stereocenters. The Hall–Kier alpha value is -3.15. The molecule has 2 aromatic carbocycles. The molecular weight excluding hydrogens is 368 g/mol. The van der Waals surface area contributed by atoms with Crippen molar-refractivity contribution in [1.29, 1.82) is 0 Å². The second-order valence-corrected chi connectivity index (χ2v) is 7.64. The molecule has 1 heterocycles. The van der Waals surface area contributed by atoms with Crippen molar-refractivity contribution in [3.8, 4) is 5.75 Å². The normalized spacial score (nSPS) is 16.9. The molecule has 0 spiro atoms. The van der Waals surface area contributed by atoms with Crippen LogP contribution < -0.4 is 10.1 Å². The van der Waals surface area contributed by atoms with Crippen LogP contribution in [-0.2, 0) is 9.59 Å². The molecule has 0 bridgehead atoms. The Kier molecular flexibility index (Phi) is 5.60. The largest absolute Gasteiger partial charge is 0.426 e. The minimum absolute atomic E-state index is 0.185. The van der Waals surface area contributed by atoms with Crippen molar-refractivity contribution in [3.63, 3.8) is 0 Å². The van der Waals surface area contributed by atoms with Crippen molar-refractivity contribution in [2.45, 2.75) is 25.7 Å². The smallest absolute Gasteiger partial charge is 0.314 e. The van der Waals surface area contributed by atoms with E-state index in [1.54, 1.807) is 36.4 Å². The highest BCUT2D eigenvalue weighted by Crippen LogP contribution is 2.32. The third kappa shape index (κ3) is 4.83. The van der Waals surface area contributed by atoms with Crippen molar-refractivity contribution in [2.75, 3.05) is 18.4 Å². The lowest BCUT2D eigenvalue weighted by Crippen LogP contribution is -2.41. The zero-order valence-electron chi connectivity index (χ0n) is 16.2. The zero-order chi connectivity index (χ0) is 20.2. The van der Waals surface area contributed by atoms with E-state index in [9.17, 15) is 14.4 Å². The van der Waals surface area contributed by atoms with E-state index >= 15 is 0 Å². The van der Waals surface area contributed by atoms with Gasteiger partial charge in [-0.2, -0.15) is 0 Å². The van der Waals surface area contributed by atoms with Crippen molar-refractivity contribution in [1.82, 2.24) is 4.90 Å². The van der Waals surface area contributed by atoms with Gasteiger partial charge < -0.3 is 15.0 Å². The van der Waals surface area contributed by atoms with E-state index < -0.39 is 0 Å². The number of ether oxygens (including phenoxy) is 1. The lowest BCUT2D eigenvalue weighted by Gasteiger charge is -2.31. The number of amides is 2. The number of hydrogen-bond acceptors (Lipinski definition) is 4. The molecule has 6 nitrogen and oxygen atoms in total. The molecule has 150 valence electrons. The van der Waals surface area contributed by atoms with Crippen molar-refractivity contribution >= 4 is 23.5 Å². The van der Waals surface area contributed by atoms with Gasteiger partial charge in [-0.15, -0.1) is 0 Å². The molecule has 1 aliphatic carbocycles. The molecule has 6 heteroatoms. The number of carbonyl (C=O) groups excluding carboxylic acids is 3. The highest BCUT2D eigenvalue weighted by Gasteiger charge is 2.36. The third-order valence-electron chi connectivity index (χ3n) is 5.43. The fourth-order valence-corrected chi connectivity index (χ4v) is 3.52. The Morgan fingerprint density at radius 1 is 0.828 bits per heavy atom. The third-order valence-corrected chi connectivity index (χ3v) is 5.43. The summed E-state index contributed by atoms with van der Waals surface area (Å²) in [5, 5.41) is 2.81. The van der Waals surface area contributed by atoms with Gasteiger partial charge in [0, 0.05) is 30.3 Å². The van der Waals surface area contributed by atoms with Crippen LogP contribution in [0.15, 0.2) is 54.6 Å². The van der Waals surface area contributed by atoms with Crippen LogP contribution in [0.4, 0.5) is 5.69 Å². The second-order valence-electron chi connectivity index (χ2n) is 7.64. The highest BCUT2D eigenvalue weighted by molar-refractivity contribution is 6.04. The van der Waals surface area contributed by atoms with Gasteiger partial charge in [-0.3, -0.25) is 14.4 Å². The number of anilines is 1. The maximum Gasteiger partial charge on any atom is 0.314 e. The fraction of sp³-hybridized carbons (Fsp3) is 0.348. The molecular formula is C23H24N2O4. The van der Waals surface area contributed by atoms with Gasteiger partial charge >= 0.3 is 5.97 Å². The lowest BCUT2D eigenvalue weighted by atomic mass is 9.96. The number of rotatable bonds is 5. The van der Waals surface area contributed by atoms with Gasteiger partial charge in [0.15, 0.2) is 0 Å². The monoisotopic (exact) mass is 392 g/mol. The van der Waals surface area contributed by atoms with E-state index in [1.807, 2.05) is 23.1 Å². The van der Waals surface area contributed by atoms with Crippen LogP contribution >= 0.6 is 0 Å². The molecule has 2 aliphatic rings. The molecule has 0 atom stereocenters. The minimum atomic E-state index is -0.260. The maximum atomic E-state index is 12.4. The van der Waals surface area contributed by atoms with E-state index in [2.05, 4.69) is 5.32 Å². The summed E-state index contributed by atoms with van der Waals surface area (Å²) in [6.07, 6.45) is 3.29. The highest BCUT2D eigenvalue weighted by atomic mass is 16.5. The van der Waals surface area contributed by atoms with Crippen LogP contribution in [0.5, 0.6) is 5.75 Å². The van der Waals surface area contributed by atoms with E-state index in [0.29, 0.717) is 42.9 Å². The van der Waals surface area contributed by atoms with Crippen LogP contribution in [0.2, 0.25) is 0 Å². The number of piperidine rings is 1. The van der Waals surface area contributed by atoms with Gasteiger partial charge in [0.25, 0.3) is 5.91 Å². The standard InChI is InChI=1S/C23H24N2O4/c26-21(16-4-2-1-3-5-16)24-19-8-10-20(11-9-19)29-23(28)18-12-14-25(15-13-18)22(27)17-6-7-17/h1-5,8-11,17-18H,6-7,12-15H2,(H,24,26). The Bertz CT molecular complexity index is 883. The average molecular weight is 392 g/mol. The Morgan fingerprint density at radius 2 is 1.48 bits per heavy atom. The van der Waals surface area contributed by atoms with Crippen LogP contribution in [0, 0.1) is 11.8 Å². The summed E-state index contributed by atoms with van der Waals surface area (Å²) in [5.74, 6) is 0.275. The van der Waals surface area contributed by atoms with E-state index in [0.717, 1.165) is 12.8 Å². The molecule has 29 heavy (non-hydrogen) atoms. The maximum absolute atomic E-state index is 12.4. The number of nitrogens with one attached hydrogen (secondary N) is 1. The Labute approximate surface area is 169 Å². The Morgan fingerprint density at radius 3 is 2.10 bits per heavy atom. The molecule has 0 aromatic heterocycles. The van der Waals surface area contributed by atoms with E-state index in [4.69, 9.17) is 4.74 Å². The first-order valence-corrected chi connectivity index (χ1v) is 10.1. The first kappa shape index (κ1) is 19.2. The van der Waals surface area contributed by atoms with Crippen molar-refractivity contribution < 1.29 is 19.1 Å². The molecule has 1 saturated carbocycles. The fourth-order valence-electron chi connectivity index (χ4n) is 3.52. The number of benzene rings is 2. The summed E-state index contributed by atoms with van der Waals surface area (Å²) >= 11 is 0. The molecule has 2 aromatic rings. The number of nitrogens with zero attached hydrogens (tertiary/aromatic N) is 1. The second kappa shape index (κ2) is 8.47. The summed E-state index contributed by atoms with van der Waals surface area (Å²) in [5.41, 5.74) is 1.21. The van der Waals surface area contributed by atoms with Crippen molar-refractivity contribution in [3.05, 3.63) is 60.2 Å². The number of hydrogen-bond donors (Lipinski definition) is 1. The SMILES string of the molecule is O=C(Nc1ccc(OC(=O)C2CCN(C(=O)C3CC3)CC2)cc1)c1ccccc1. The van der Waals surface area contributed by atoms with Gasteiger partial charge in [0.2, 0.25) is 5.91 Å². The molecule has 0 radical (unpaired) electrons. The number of esters is 1. The van der Waals surface area contributed by atoms with Crippen molar-refractivity contribution in [2.24, 2.45) is 11.8 Å². The first-order chi connectivity index (χ1) is 14.1. The molecule has 1 saturated heterocycles. The van der Waals surface area contributed by atoms with Crippen LogP contribution in [0.1, 0.15) is 36.0 Å². The zero-order valence-corrected chi connectivity index (χ0v) is 16.2. The number of carbonyl (C=O) groups is 3. The predicted octanol–water partition coefficient (Wildman–Crippen LogP) is 3.49. The van der Waals surface area contributed by atoms with Crippen LogP contribution in [0.25, 0.3) is 0 Å². The summed E-state index contributed by atoms with van der Waals surface area (Å²) in [4.78, 5) is 38.6. The van der Waals surface area contributed by atoms with Gasteiger partial charge in [-0.05, 0) is 62.1 Å². The molecule has 4 rings (SSSR count). The topological polar surface area (TPSA) is 75.7 Å². The summed E-state index contributed by atoms with van der Waals surface area (Å²) in [6.45, 7) is 1.25. The molecule has 1 N–H and O–H groups in total. The quantitative estimate of drug-likeness (QED) is 0.624. The summed E-state index contributed by atoms with van der Waals surface area (Å²) < 4.78 is 5.50. The molecule has 2 amide bonds. The summed E-state index contributed by atoms with van der Waals surface area (Å²) in [6, 6.07) is 15.7. The van der Waals surface area contributed by atoms with E-state index in [1.165, 1.54) is 0 Å². The van der Waals surface area contributed by atoms with Crippen LogP contribution in [-0.4, -0.2) is 35.8 Å². The summed E-state index contributed by atoms with van der Waals surface area (Å²) in [7, 11) is 0. The lowest BCUT2D eigenvalue weighted by molar-refractivity contribution is -0.143. The van der Waals surface area contributed by atoms with E-state index in [-0.39, 0.29) is 29.6 Å². The van der Waals surface area contributed by atoms with Gasteiger partial charge in [-0.25, -0.2) is 0 Å². The molecule has 2 fully saturated rings. The first-order valence-electron chi connectivity index (χ1n) is 10.1. The minimum Gasteiger partial charge on any atom is -0.426 e. The van der Waals surface area contributed by atoms with Gasteiger partial charge in [0.05, 0.1) is 5.92 Å².